The predicted molar refractivity (Wildman–Crippen MR) is 159 cm³/mol. The molecule has 39 heavy (non-hydrogen) atoms. The van der Waals surface area contributed by atoms with Crippen molar-refractivity contribution in [3.05, 3.63) is 117 Å². The highest BCUT2D eigenvalue weighted by Crippen LogP contribution is 2.40. The second kappa shape index (κ2) is 10.0. The molecule has 0 spiro atoms. The Balaban J connectivity index is 1.81. The summed E-state index contributed by atoms with van der Waals surface area (Å²) in [4.78, 5) is 14.1. The molecule has 0 saturated heterocycles. The lowest BCUT2D eigenvalue weighted by Crippen LogP contribution is -2.16. The van der Waals surface area contributed by atoms with E-state index in [2.05, 4.69) is 0 Å². The Bertz CT molecular complexity index is 2020. The molecule has 5 rings (SSSR count). The number of hydrogen-bond donors (Lipinski definition) is 0. The molecule has 4 aromatic carbocycles. The smallest absolute Gasteiger partial charge is 0.195 e. The zero-order valence-corrected chi connectivity index (χ0v) is 24.5. The number of benzene rings is 4. The molecular formula is C31H28O5S3. The summed E-state index contributed by atoms with van der Waals surface area (Å²) in [6.07, 6.45) is 0. The van der Waals surface area contributed by atoms with E-state index in [1.807, 2.05) is 12.1 Å². The Morgan fingerprint density at radius 3 is 1.74 bits per heavy atom. The molecule has 0 saturated carbocycles. The minimum absolute atomic E-state index is 0.211. The van der Waals surface area contributed by atoms with Crippen LogP contribution in [0.2, 0.25) is 0 Å². The van der Waals surface area contributed by atoms with E-state index in [9.17, 15) is 21.6 Å². The Hall–Kier alpha value is -3.33. The van der Waals surface area contributed by atoms with Gasteiger partial charge in [-0.25, -0.2) is 16.8 Å². The van der Waals surface area contributed by atoms with Gasteiger partial charge in [-0.3, -0.25) is 4.79 Å². The van der Waals surface area contributed by atoms with Crippen molar-refractivity contribution in [2.24, 2.45) is 0 Å². The fraction of sp³-hybridized carbons (Fsp3) is 0.194. The molecular weight excluding hydrogens is 549 g/mol. The summed E-state index contributed by atoms with van der Waals surface area (Å²) in [5.41, 5.74) is 1.80. The predicted octanol–water partition coefficient (Wildman–Crippen LogP) is 7.10. The van der Waals surface area contributed by atoms with Crippen LogP contribution in [0.5, 0.6) is 0 Å². The minimum Gasteiger partial charge on any atom is -0.289 e. The van der Waals surface area contributed by atoms with Gasteiger partial charge in [0.2, 0.25) is 0 Å². The normalized spacial score (nSPS) is 13.9. The van der Waals surface area contributed by atoms with Crippen molar-refractivity contribution in [1.82, 2.24) is 0 Å². The Labute approximate surface area is 232 Å². The van der Waals surface area contributed by atoms with Gasteiger partial charge < -0.3 is 0 Å². The molecule has 0 aliphatic rings. The van der Waals surface area contributed by atoms with Crippen LogP contribution in [0, 0.1) is 13.8 Å². The van der Waals surface area contributed by atoms with Crippen LogP contribution >= 0.6 is 11.3 Å². The van der Waals surface area contributed by atoms with Gasteiger partial charge in [-0.15, -0.1) is 11.3 Å². The van der Waals surface area contributed by atoms with Gasteiger partial charge in [0.1, 0.15) is 0 Å². The second-order valence-corrected chi connectivity index (χ2v) is 15.3. The first-order valence-electron chi connectivity index (χ1n) is 12.5. The van der Waals surface area contributed by atoms with Gasteiger partial charge in [0.15, 0.2) is 25.1 Å². The van der Waals surface area contributed by atoms with Crippen LogP contribution < -0.4 is 5.43 Å². The summed E-state index contributed by atoms with van der Waals surface area (Å²) in [6.45, 7) is 6.68. The van der Waals surface area contributed by atoms with E-state index in [1.54, 1.807) is 100 Å². The number of aryl methyl sites for hydroxylation is 2. The van der Waals surface area contributed by atoms with E-state index in [1.165, 1.54) is 11.3 Å². The number of hydrogen-bond acceptors (Lipinski definition) is 6. The molecule has 2 atom stereocenters. The zero-order chi connectivity index (χ0) is 28.1. The van der Waals surface area contributed by atoms with Crippen molar-refractivity contribution < 1.29 is 16.8 Å². The zero-order valence-electron chi connectivity index (χ0n) is 22.0. The highest BCUT2D eigenvalue weighted by Gasteiger charge is 2.32. The third-order valence-electron chi connectivity index (χ3n) is 7.37. The molecule has 5 nitrogen and oxygen atoms in total. The summed E-state index contributed by atoms with van der Waals surface area (Å²) in [6, 6.07) is 24.0. The SMILES string of the molecule is Cc1ccccc1S(=O)(=O)C(C)c1cc(C(C)S(=O)(=O)c2ccccc2C)c2sc3ccccc3c(=O)c2c1. The molecule has 2 unspecified atom stereocenters. The quantitative estimate of drug-likeness (QED) is 0.201. The molecule has 0 N–H and O–H groups in total. The second-order valence-electron chi connectivity index (χ2n) is 9.82. The van der Waals surface area contributed by atoms with Crippen molar-refractivity contribution in [3.8, 4) is 0 Å². The van der Waals surface area contributed by atoms with Gasteiger partial charge in [-0.05, 0) is 80.3 Å². The lowest BCUT2D eigenvalue weighted by atomic mass is 10.0. The van der Waals surface area contributed by atoms with E-state index < -0.39 is 30.2 Å². The maximum Gasteiger partial charge on any atom is 0.195 e. The molecule has 0 amide bonds. The Morgan fingerprint density at radius 2 is 1.15 bits per heavy atom. The highest BCUT2D eigenvalue weighted by molar-refractivity contribution is 7.92. The standard InChI is InChI=1S/C31H28O5S3/c1-19-11-5-9-15-28(19)38(33,34)21(3)23-17-25(22(4)39(35,36)29-16-10-6-12-20(29)2)31-26(18-23)30(32)24-13-7-8-14-27(24)37-31/h5-18,21-22H,1-4H3. The van der Waals surface area contributed by atoms with Crippen LogP contribution in [0.15, 0.2) is 99.5 Å². The minimum atomic E-state index is -3.86. The lowest BCUT2D eigenvalue weighted by Gasteiger charge is -2.21. The highest BCUT2D eigenvalue weighted by atomic mass is 32.2. The topological polar surface area (TPSA) is 85.3 Å². The van der Waals surface area contributed by atoms with Crippen LogP contribution in [0.3, 0.4) is 0 Å². The molecule has 0 bridgehead atoms. The maximum absolute atomic E-state index is 13.9. The fourth-order valence-corrected chi connectivity index (χ4v) is 9.64. The van der Waals surface area contributed by atoms with E-state index in [0.717, 1.165) is 4.70 Å². The van der Waals surface area contributed by atoms with Crippen molar-refractivity contribution in [3.63, 3.8) is 0 Å². The average Bonchev–Trinajstić information content (AvgIpc) is 2.92. The molecule has 5 aromatic rings. The van der Waals surface area contributed by atoms with Crippen molar-refractivity contribution in [2.45, 2.75) is 48.0 Å². The molecule has 1 heterocycles. The first kappa shape index (κ1) is 27.2. The molecule has 8 heteroatoms. The van der Waals surface area contributed by atoms with Gasteiger partial charge in [0, 0.05) is 20.2 Å². The summed E-state index contributed by atoms with van der Waals surface area (Å²) in [5.74, 6) is 0. The lowest BCUT2D eigenvalue weighted by molar-refractivity contribution is 0.585. The third kappa shape index (κ3) is 4.60. The molecule has 0 aliphatic carbocycles. The van der Waals surface area contributed by atoms with E-state index in [0.29, 0.717) is 37.7 Å². The van der Waals surface area contributed by atoms with Crippen molar-refractivity contribution in [1.29, 1.82) is 0 Å². The van der Waals surface area contributed by atoms with Crippen molar-refractivity contribution in [2.75, 3.05) is 0 Å². The van der Waals surface area contributed by atoms with Crippen molar-refractivity contribution >= 4 is 51.2 Å². The molecule has 1 aromatic heterocycles. The molecule has 0 fully saturated rings. The van der Waals surface area contributed by atoms with Gasteiger partial charge in [-0.2, -0.15) is 0 Å². The number of fused-ring (bicyclic) bond motifs is 2. The molecule has 0 radical (unpaired) electrons. The van der Waals surface area contributed by atoms with Crippen LogP contribution in [0.4, 0.5) is 0 Å². The van der Waals surface area contributed by atoms with Crippen LogP contribution in [-0.2, 0) is 19.7 Å². The molecule has 200 valence electrons. The Morgan fingerprint density at radius 1 is 0.641 bits per heavy atom. The fourth-order valence-electron chi connectivity index (χ4n) is 4.97. The van der Waals surface area contributed by atoms with Gasteiger partial charge >= 0.3 is 0 Å². The van der Waals surface area contributed by atoms with Crippen LogP contribution in [-0.4, -0.2) is 16.8 Å². The number of rotatable bonds is 6. The summed E-state index contributed by atoms with van der Waals surface area (Å²) >= 11 is 1.35. The third-order valence-corrected chi connectivity index (χ3v) is 13.1. The van der Waals surface area contributed by atoms with Gasteiger partial charge in [-0.1, -0.05) is 54.6 Å². The average molecular weight is 577 g/mol. The van der Waals surface area contributed by atoms with E-state index in [-0.39, 0.29) is 15.2 Å². The Kier molecular flexibility index (Phi) is 6.99. The van der Waals surface area contributed by atoms with Gasteiger partial charge in [0.05, 0.1) is 20.3 Å². The van der Waals surface area contributed by atoms with E-state index >= 15 is 0 Å². The van der Waals surface area contributed by atoms with Gasteiger partial charge in [0.25, 0.3) is 0 Å². The summed E-state index contributed by atoms with van der Waals surface area (Å²) in [5, 5.41) is -1.19. The first-order valence-corrected chi connectivity index (χ1v) is 16.4. The van der Waals surface area contributed by atoms with Crippen LogP contribution in [0.25, 0.3) is 20.2 Å². The summed E-state index contributed by atoms with van der Waals surface area (Å²) < 4.78 is 56.6. The first-order chi connectivity index (χ1) is 18.4. The number of sulfone groups is 2. The summed E-state index contributed by atoms with van der Waals surface area (Å²) in [7, 11) is -7.69. The largest absolute Gasteiger partial charge is 0.289 e. The monoisotopic (exact) mass is 576 g/mol. The maximum atomic E-state index is 13.9. The van der Waals surface area contributed by atoms with Crippen LogP contribution in [0.1, 0.15) is 46.6 Å². The van der Waals surface area contributed by atoms with E-state index in [4.69, 9.17) is 0 Å². The molecule has 0 aliphatic heterocycles.